The lowest BCUT2D eigenvalue weighted by atomic mass is 10.1. The molecule has 3 rings (SSSR count). The number of anilines is 1. The standard InChI is InChI=1S/C18H17N3O3/c1-2-12-6-3-4-8-14(12)20-15(22)9-11-21-17(23)13-7-5-10-19-16(13)18(21)24/h3-8,10H,2,9,11H2,1H3,(H,20,22). The molecule has 6 nitrogen and oxygen atoms in total. The first kappa shape index (κ1) is 15.9. The number of aryl methyl sites for hydroxylation is 1. The molecule has 1 aromatic carbocycles. The van der Waals surface area contributed by atoms with E-state index in [0.717, 1.165) is 22.6 Å². The van der Waals surface area contributed by atoms with E-state index in [1.807, 2.05) is 31.2 Å². The number of para-hydroxylation sites is 1. The second kappa shape index (κ2) is 6.62. The molecule has 6 heteroatoms. The van der Waals surface area contributed by atoms with Crippen molar-refractivity contribution in [2.75, 3.05) is 11.9 Å². The summed E-state index contributed by atoms with van der Waals surface area (Å²) in [5.41, 5.74) is 2.24. The van der Waals surface area contributed by atoms with Crippen LogP contribution in [0, 0.1) is 0 Å². The molecule has 0 saturated carbocycles. The zero-order valence-corrected chi connectivity index (χ0v) is 13.3. The maximum atomic E-state index is 12.2. The normalized spacial score (nSPS) is 13.1. The number of benzene rings is 1. The number of nitrogens with zero attached hydrogens (tertiary/aromatic N) is 2. The number of fused-ring (bicyclic) bond motifs is 1. The Balaban J connectivity index is 1.63. The third kappa shape index (κ3) is 2.90. The Morgan fingerprint density at radius 1 is 1.12 bits per heavy atom. The monoisotopic (exact) mass is 323 g/mol. The Labute approximate surface area is 139 Å². The van der Waals surface area contributed by atoms with Gasteiger partial charge in [-0.3, -0.25) is 24.3 Å². The van der Waals surface area contributed by atoms with E-state index in [2.05, 4.69) is 10.3 Å². The van der Waals surface area contributed by atoms with Gasteiger partial charge in [-0.1, -0.05) is 25.1 Å². The van der Waals surface area contributed by atoms with Gasteiger partial charge < -0.3 is 5.32 Å². The number of nitrogens with one attached hydrogen (secondary N) is 1. The average Bonchev–Trinajstić information content (AvgIpc) is 2.85. The van der Waals surface area contributed by atoms with E-state index in [-0.39, 0.29) is 24.6 Å². The Kier molecular flexibility index (Phi) is 4.37. The summed E-state index contributed by atoms with van der Waals surface area (Å²) in [6.07, 6.45) is 2.33. The molecule has 2 aromatic rings. The van der Waals surface area contributed by atoms with Crippen LogP contribution in [0.5, 0.6) is 0 Å². The maximum absolute atomic E-state index is 12.2. The molecule has 0 aliphatic carbocycles. The Hall–Kier alpha value is -3.02. The van der Waals surface area contributed by atoms with Gasteiger partial charge in [-0.2, -0.15) is 0 Å². The highest BCUT2D eigenvalue weighted by atomic mass is 16.2. The molecule has 24 heavy (non-hydrogen) atoms. The van der Waals surface area contributed by atoms with Crippen LogP contribution in [-0.2, 0) is 11.2 Å². The van der Waals surface area contributed by atoms with E-state index < -0.39 is 11.8 Å². The van der Waals surface area contributed by atoms with Crippen molar-refractivity contribution in [3.8, 4) is 0 Å². The largest absolute Gasteiger partial charge is 0.326 e. The molecule has 1 aromatic heterocycles. The van der Waals surface area contributed by atoms with Crippen molar-refractivity contribution in [2.24, 2.45) is 0 Å². The van der Waals surface area contributed by atoms with E-state index >= 15 is 0 Å². The van der Waals surface area contributed by atoms with Gasteiger partial charge in [0.15, 0.2) is 0 Å². The molecule has 0 radical (unpaired) electrons. The maximum Gasteiger partial charge on any atom is 0.280 e. The number of carbonyl (C=O) groups is 3. The lowest BCUT2D eigenvalue weighted by molar-refractivity contribution is -0.116. The second-order valence-corrected chi connectivity index (χ2v) is 5.47. The van der Waals surface area contributed by atoms with Gasteiger partial charge in [-0.25, -0.2) is 0 Å². The third-order valence-electron chi connectivity index (χ3n) is 3.97. The minimum Gasteiger partial charge on any atom is -0.326 e. The summed E-state index contributed by atoms with van der Waals surface area (Å²) in [6.45, 7) is 2.05. The van der Waals surface area contributed by atoms with Gasteiger partial charge in [0.2, 0.25) is 5.91 Å². The Morgan fingerprint density at radius 2 is 1.92 bits per heavy atom. The fourth-order valence-corrected chi connectivity index (χ4v) is 2.69. The lowest BCUT2D eigenvalue weighted by Gasteiger charge is -2.14. The zero-order chi connectivity index (χ0) is 17.1. The number of hydrogen-bond donors (Lipinski definition) is 1. The molecule has 0 fully saturated rings. The van der Waals surface area contributed by atoms with Crippen LogP contribution < -0.4 is 5.32 Å². The number of rotatable bonds is 5. The zero-order valence-electron chi connectivity index (χ0n) is 13.3. The molecule has 0 unspecified atom stereocenters. The highest BCUT2D eigenvalue weighted by molar-refractivity contribution is 6.20. The van der Waals surface area contributed by atoms with Crippen molar-refractivity contribution >= 4 is 23.4 Å². The van der Waals surface area contributed by atoms with Crippen LogP contribution >= 0.6 is 0 Å². The number of imide groups is 1. The quantitative estimate of drug-likeness (QED) is 0.856. The Bertz CT molecular complexity index is 782. The summed E-state index contributed by atoms with van der Waals surface area (Å²) in [6, 6.07) is 10.7. The first-order valence-corrected chi connectivity index (χ1v) is 7.80. The molecule has 1 aliphatic heterocycles. The number of pyridine rings is 1. The van der Waals surface area contributed by atoms with E-state index in [1.165, 1.54) is 6.20 Å². The first-order chi connectivity index (χ1) is 11.6. The van der Waals surface area contributed by atoms with Crippen LogP contribution in [0.25, 0.3) is 0 Å². The Morgan fingerprint density at radius 3 is 2.67 bits per heavy atom. The van der Waals surface area contributed by atoms with Gasteiger partial charge in [0.05, 0.1) is 5.56 Å². The smallest absolute Gasteiger partial charge is 0.280 e. The molecule has 3 amide bonds. The summed E-state index contributed by atoms with van der Waals surface area (Å²) in [5, 5.41) is 2.83. The van der Waals surface area contributed by atoms with E-state index in [4.69, 9.17) is 0 Å². The highest BCUT2D eigenvalue weighted by Gasteiger charge is 2.36. The molecular weight excluding hydrogens is 306 g/mol. The number of amides is 3. The first-order valence-electron chi connectivity index (χ1n) is 7.80. The van der Waals surface area contributed by atoms with Gasteiger partial charge in [-0.05, 0) is 30.2 Å². The van der Waals surface area contributed by atoms with E-state index in [9.17, 15) is 14.4 Å². The predicted molar refractivity (Wildman–Crippen MR) is 88.7 cm³/mol. The van der Waals surface area contributed by atoms with Gasteiger partial charge >= 0.3 is 0 Å². The topological polar surface area (TPSA) is 79.4 Å². The summed E-state index contributed by atoms with van der Waals surface area (Å²) in [4.78, 5) is 41.6. The minimum atomic E-state index is -0.447. The molecule has 122 valence electrons. The molecule has 0 spiro atoms. The van der Waals surface area contributed by atoms with Gasteiger partial charge in [-0.15, -0.1) is 0 Å². The van der Waals surface area contributed by atoms with Crippen molar-refractivity contribution < 1.29 is 14.4 Å². The highest BCUT2D eigenvalue weighted by Crippen LogP contribution is 2.21. The van der Waals surface area contributed by atoms with Gasteiger partial charge in [0.25, 0.3) is 11.8 Å². The molecule has 0 saturated heterocycles. The fourth-order valence-electron chi connectivity index (χ4n) is 2.69. The van der Waals surface area contributed by atoms with Crippen molar-refractivity contribution in [3.63, 3.8) is 0 Å². The van der Waals surface area contributed by atoms with Crippen molar-refractivity contribution in [1.82, 2.24) is 9.88 Å². The van der Waals surface area contributed by atoms with E-state index in [1.54, 1.807) is 12.1 Å². The van der Waals surface area contributed by atoms with Crippen LogP contribution in [0.15, 0.2) is 42.6 Å². The molecule has 0 bridgehead atoms. The molecule has 1 N–H and O–H groups in total. The van der Waals surface area contributed by atoms with Crippen molar-refractivity contribution in [2.45, 2.75) is 19.8 Å². The lowest BCUT2D eigenvalue weighted by Crippen LogP contribution is -2.33. The minimum absolute atomic E-state index is 0.0359. The molecule has 1 aliphatic rings. The second-order valence-electron chi connectivity index (χ2n) is 5.47. The third-order valence-corrected chi connectivity index (χ3v) is 3.97. The molecule has 2 heterocycles. The summed E-state index contributed by atoms with van der Waals surface area (Å²) >= 11 is 0. The fraction of sp³-hybridized carbons (Fsp3) is 0.222. The van der Waals surface area contributed by atoms with Crippen LogP contribution in [-0.4, -0.2) is 34.2 Å². The molecular formula is C18H17N3O3. The van der Waals surface area contributed by atoms with Gasteiger partial charge in [0.1, 0.15) is 5.69 Å². The summed E-state index contributed by atoms with van der Waals surface area (Å²) < 4.78 is 0. The predicted octanol–water partition coefficient (Wildman–Crippen LogP) is 2.27. The van der Waals surface area contributed by atoms with Crippen molar-refractivity contribution in [1.29, 1.82) is 0 Å². The van der Waals surface area contributed by atoms with Gasteiger partial charge in [0, 0.05) is 24.8 Å². The number of carbonyl (C=O) groups excluding carboxylic acids is 3. The SMILES string of the molecule is CCc1ccccc1NC(=O)CCN1C(=O)c2cccnc2C1=O. The average molecular weight is 323 g/mol. The summed E-state index contributed by atoms with van der Waals surface area (Å²) in [5.74, 6) is -1.08. The summed E-state index contributed by atoms with van der Waals surface area (Å²) in [7, 11) is 0. The van der Waals surface area contributed by atoms with Crippen molar-refractivity contribution in [3.05, 3.63) is 59.4 Å². The molecule has 0 atom stereocenters. The van der Waals surface area contributed by atoms with Crippen LogP contribution in [0.4, 0.5) is 5.69 Å². The van der Waals surface area contributed by atoms with E-state index in [0.29, 0.717) is 5.56 Å². The number of hydrogen-bond acceptors (Lipinski definition) is 4. The van der Waals surface area contributed by atoms with Crippen LogP contribution in [0.2, 0.25) is 0 Å². The van der Waals surface area contributed by atoms with Crippen LogP contribution in [0.3, 0.4) is 0 Å². The van der Waals surface area contributed by atoms with Crippen LogP contribution in [0.1, 0.15) is 39.8 Å². The number of aromatic nitrogens is 1.